The van der Waals surface area contributed by atoms with Gasteiger partial charge in [-0.2, -0.15) is 0 Å². The van der Waals surface area contributed by atoms with Gasteiger partial charge in [0.25, 0.3) is 5.92 Å². The fourth-order valence-corrected chi connectivity index (χ4v) is 2.57. The Balaban J connectivity index is 2.00. The molecule has 2 rings (SSSR count). The van der Waals surface area contributed by atoms with Gasteiger partial charge in [0.15, 0.2) is 0 Å². The summed E-state index contributed by atoms with van der Waals surface area (Å²) in [5, 5.41) is 0. The summed E-state index contributed by atoms with van der Waals surface area (Å²) in [6.07, 6.45) is -0.486. The first-order chi connectivity index (χ1) is 8.49. The molecule has 98 valence electrons. The maximum absolute atomic E-state index is 13.0. The van der Waals surface area contributed by atoms with Gasteiger partial charge in [-0.15, -0.1) is 0 Å². The molecule has 0 radical (unpaired) electrons. The van der Waals surface area contributed by atoms with Crippen LogP contribution in [0.4, 0.5) is 8.78 Å². The smallest absolute Gasteiger partial charge is 0.251 e. The zero-order valence-electron chi connectivity index (χ0n) is 9.78. The number of carbonyl (C=O) groups excluding carboxylic acids is 1. The standard InChI is InChI=1S/C13H14BrF2NO/c14-11(10-4-2-1-3-5-10)12(18)17-8-6-13(15,16)7-9-17/h1-5,11H,6-9H2. The maximum Gasteiger partial charge on any atom is 0.251 e. The second kappa shape index (κ2) is 5.34. The average molecular weight is 318 g/mol. The minimum Gasteiger partial charge on any atom is -0.341 e. The van der Waals surface area contributed by atoms with Gasteiger partial charge in [-0.25, -0.2) is 8.78 Å². The third-order valence-corrected chi connectivity index (χ3v) is 4.04. The summed E-state index contributed by atoms with van der Waals surface area (Å²) in [6.45, 7) is 0.252. The van der Waals surface area contributed by atoms with E-state index in [9.17, 15) is 13.6 Å². The molecule has 1 saturated heterocycles. The van der Waals surface area contributed by atoms with Crippen LogP contribution in [0.15, 0.2) is 30.3 Å². The van der Waals surface area contributed by atoms with E-state index < -0.39 is 10.7 Å². The van der Waals surface area contributed by atoms with Crippen LogP contribution in [0.1, 0.15) is 23.2 Å². The van der Waals surface area contributed by atoms with Crippen LogP contribution in [0, 0.1) is 0 Å². The molecule has 1 aromatic carbocycles. The highest BCUT2D eigenvalue weighted by molar-refractivity contribution is 9.09. The fraction of sp³-hybridized carbons (Fsp3) is 0.462. The summed E-state index contributed by atoms with van der Waals surface area (Å²) >= 11 is 3.34. The quantitative estimate of drug-likeness (QED) is 0.766. The molecule has 1 aliphatic heterocycles. The van der Waals surface area contributed by atoms with Crippen molar-refractivity contribution in [2.24, 2.45) is 0 Å². The monoisotopic (exact) mass is 317 g/mol. The number of hydrogen-bond donors (Lipinski definition) is 0. The van der Waals surface area contributed by atoms with Gasteiger partial charge >= 0.3 is 0 Å². The Morgan fingerprint density at radius 1 is 1.22 bits per heavy atom. The highest BCUT2D eigenvalue weighted by atomic mass is 79.9. The first-order valence-electron chi connectivity index (χ1n) is 5.85. The summed E-state index contributed by atoms with van der Waals surface area (Å²) in [7, 11) is 0. The molecule has 1 amide bonds. The van der Waals surface area contributed by atoms with Gasteiger partial charge in [0.1, 0.15) is 4.83 Å². The fourth-order valence-electron chi connectivity index (χ4n) is 1.98. The van der Waals surface area contributed by atoms with Gasteiger partial charge < -0.3 is 4.90 Å². The lowest BCUT2D eigenvalue weighted by molar-refractivity contribution is -0.136. The molecule has 1 atom stereocenters. The molecule has 1 aliphatic rings. The molecule has 1 unspecified atom stereocenters. The maximum atomic E-state index is 13.0. The minimum atomic E-state index is -2.62. The SMILES string of the molecule is O=C(C(Br)c1ccccc1)N1CCC(F)(F)CC1. The minimum absolute atomic E-state index is 0.126. The van der Waals surface area contributed by atoms with Crippen LogP contribution in [0.2, 0.25) is 0 Å². The van der Waals surface area contributed by atoms with Gasteiger partial charge in [0.2, 0.25) is 5.91 Å². The van der Waals surface area contributed by atoms with Crippen LogP contribution >= 0.6 is 15.9 Å². The van der Waals surface area contributed by atoms with E-state index in [0.717, 1.165) is 5.56 Å². The molecular weight excluding hydrogens is 304 g/mol. The molecule has 1 aromatic rings. The van der Waals surface area contributed by atoms with Crippen molar-refractivity contribution in [3.8, 4) is 0 Å². The van der Waals surface area contributed by atoms with Gasteiger partial charge in [0.05, 0.1) is 0 Å². The first-order valence-corrected chi connectivity index (χ1v) is 6.77. The van der Waals surface area contributed by atoms with Crippen molar-refractivity contribution in [1.29, 1.82) is 0 Å². The second-order valence-electron chi connectivity index (χ2n) is 4.45. The van der Waals surface area contributed by atoms with Crippen molar-refractivity contribution < 1.29 is 13.6 Å². The molecule has 18 heavy (non-hydrogen) atoms. The van der Waals surface area contributed by atoms with Gasteiger partial charge in [0, 0.05) is 25.9 Å². The number of likely N-dealkylation sites (tertiary alicyclic amines) is 1. The second-order valence-corrected chi connectivity index (χ2v) is 5.37. The summed E-state index contributed by atoms with van der Waals surface area (Å²) in [4.78, 5) is 13.2. The molecule has 0 N–H and O–H groups in total. The van der Waals surface area contributed by atoms with Crippen molar-refractivity contribution >= 4 is 21.8 Å². The molecule has 0 aromatic heterocycles. The molecule has 1 heterocycles. The van der Waals surface area contributed by atoms with Gasteiger partial charge in [-0.1, -0.05) is 46.3 Å². The largest absolute Gasteiger partial charge is 0.341 e. The number of carbonyl (C=O) groups is 1. The molecule has 0 bridgehead atoms. The lowest BCUT2D eigenvalue weighted by Crippen LogP contribution is -2.43. The van der Waals surface area contributed by atoms with Crippen LogP contribution in [0.3, 0.4) is 0 Å². The van der Waals surface area contributed by atoms with Crippen molar-refractivity contribution in [1.82, 2.24) is 4.90 Å². The normalized spacial score (nSPS) is 20.5. The van der Waals surface area contributed by atoms with E-state index >= 15 is 0 Å². The molecule has 0 aliphatic carbocycles. The van der Waals surface area contributed by atoms with Crippen LogP contribution in [0.25, 0.3) is 0 Å². The van der Waals surface area contributed by atoms with Crippen molar-refractivity contribution in [3.05, 3.63) is 35.9 Å². The van der Waals surface area contributed by atoms with Crippen LogP contribution in [-0.2, 0) is 4.79 Å². The number of alkyl halides is 3. The Morgan fingerprint density at radius 2 is 1.78 bits per heavy atom. The number of amides is 1. The third kappa shape index (κ3) is 3.07. The molecule has 0 spiro atoms. The van der Waals surface area contributed by atoms with E-state index in [4.69, 9.17) is 0 Å². The number of halogens is 3. The average Bonchev–Trinajstić information content (AvgIpc) is 2.38. The number of hydrogen-bond acceptors (Lipinski definition) is 1. The van der Waals surface area contributed by atoms with E-state index in [-0.39, 0.29) is 31.8 Å². The Hall–Kier alpha value is -0.970. The Morgan fingerprint density at radius 3 is 2.33 bits per heavy atom. The van der Waals surface area contributed by atoms with E-state index in [1.807, 2.05) is 30.3 Å². The molecule has 0 saturated carbocycles. The van der Waals surface area contributed by atoms with E-state index in [1.54, 1.807) is 0 Å². The topological polar surface area (TPSA) is 20.3 Å². The van der Waals surface area contributed by atoms with Crippen LogP contribution in [-0.4, -0.2) is 29.8 Å². The molecule has 1 fully saturated rings. The first kappa shape index (κ1) is 13.5. The van der Waals surface area contributed by atoms with Crippen molar-refractivity contribution in [2.45, 2.75) is 23.6 Å². The number of nitrogens with zero attached hydrogens (tertiary/aromatic N) is 1. The van der Waals surface area contributed by atoms with Crippen LogP contribution < -0.4 is 0 Å². The summed E-state index contributed by atoms with van der Waals surface area (Å²) < 4.78 is 26.0. The van der Waals surface area contributed by atoms with Gasteiger partial charge in [-0.05, 0) is 5.56 Å². The number of piperidine rings is 1. The van der Waals surface area contributed by atoms with Gasteiger partial charge in [-0.3, -0.25) is 4.79 Å². The Labute approximate surface area is 113 Å². The van der Waals surface area contributed by atoms with E-state index in [2.05, 4.69) is 15.9 Å². The van der Waals surface area contributed by atoms with E-state index in [0.29, 0.717) is 0 Å². The third-order valence-electron chi connectivity index (χ3n) is 3.12. The van der Waals surface area contributed by atoms with Crippen LogP contribution in [0.5, 0.6) is 0 Å². The summed E-state index contributed by atoms with van der Waals surface area (Å²) in [6, 6.07) is 9.25. The zero-order chi connectivity index (χ0) is 13.2. The predicted octanol–water partition coefficient (Wildman–Crippen LogP) is 3.38. The number of rotatable bonds is 2. The lowest BCUT2D eigenvalue weighted by atomic mass is 10.1. The summed E-state index contributed by atoms with van der Waals surface area (Å²) in [5.41, 5.74) is 0.847. The zero-order valence-corrected chi connectivity index (χ0v) is 11.4. The molecular formula is C13H14BrF2NO. The Kier molecular flexibility index (Phi) is 4.00. The number of benzene rings is 1. The van der Waals surface area contributed by atoms with E-state index in [1.165, 1.54) is 4.90 Å². The molecule has 5 heteroatoms. The molecule has 2 nitrogen and oxygen atoms in total. The van der Waals surface area contributed by atoms with Crippen molar-refractivity contribution in [3.63, 3.8) is 0 Å². The Bertz CT molecular complexity index is 414. The highest BCUT2D eigenvalue weighted by Crippen LogP contribution is 2.31. The summed E-state index contributed by atoms with van der Waals surface area (Å²) in [5.74, 6) is -2.76. The predicted molar refractivity (Wildman–Crippen MR) is 68.9 cm³/mol. The van der Waals surface area contributed by atoms with Crippen molar-refractivity contribution in [2.75, 3.05) is 13.1 Å². The lowest BCUT2D eigenvalue weighted by Gasteiger charge is -2.33. The highest BCUT2D eigenvalue weighted by Gasteiger charge is 2.36.